The summed E-state index contributed by atoms with van der Waals surface area (Å²) >= 11 is 0. The molecule has 6 heteroatoms. The fourth-order valence-corrected chi connectivity index (χ4v) is 1.08. The minimum Gasteiger partial charge on any atom is -0.475 e. The van der Waals surface area contributed by atoms with Crippen LogP contribution in [0.4, 0.5) is 0 Å². The van der Waals surface area contributed by atoms with Gasteiger partial charge in [0.15, 0.2) is 0 Å². The average Bonchev–Trinajstić information content (AvgIpc) is 2.97. The van der Waals surface area contributed by atoms with Crippen molar-refractivity contribution in [3.8, 4) is 0 Å². The molecule has 0 aliphatic heterocycles. The van der Waals surface area contributed by atoms with Gasteiger partial charge in [-0.05, 0) is 11.6 Å². The Kier molecular flexibility index (Phi) is 5.27. The zero-order valence-corrected chi connectivity index (χ0v) is 9.26. The van der Waals surface area contributed by atoms with E-state index in [0.29, 0.717) is 0 Å². The summed E-state index contributed by atoms with van der Waals surface area (Å²) in [7, 11) is 0. The lowest BCUT2D eigenvalue weighted by molar-refractivity contribution is -0.153. The number of hydrogen-bond donors (Lipinski definition) is 2. The van der Waals surface area contributed by atoms with Crippen LogP contribution in [0.5, 0.6) is 0 Å². The number of carbonyl (C=O) groups is 2. The molecule has 1 atom stereocenters. The summed E-state index contributed by atoms with van der Waals surface area (Å²) in [5, 5.41) is 20.9. The van der Waals surface area contributed by atoms with E-state index in [1.165, 1.54) is 18.4 Å². The number of carboxylic acids is 1. The summed E-state index contributed by atoms with van der Waals surface area (Å²) in [6.45, 7) is 0. The van der Waals surface area contributed by atoms with E-state index < -0.39 is 17.9 Å². The molecule has 0 radical (unpaired) electrons. The van der Waals surface area contributed by atoms with Crippen molar-refractivity contribution in [3.63, 3.8) is 0 Å². The van der Waals surface area contributed by atoms with Crippen LogP contribution >= 0.6 is 0 Å². The quantitative estimate of drug-likeness (QED) is 0.788. The van der Waals surface area contributed by atoms with Gasteiger partial charge in [-0.25, -0.2) is 4.79 Å². The lowest BCUT2D eigenvalue weighted by Crippen LogP contribution is -2.21. The van der Waals surface area contributed by atoms with E-state index >= 15 is 0 Å². The molecule has 94 valence electrons. The van der Waals surface area contributed by atoms with E-state index in [1.807, 2.05) is 0 Å². The Hall–Kier alpha value is -2.47. The largest absolute Gasteiger partial charge is 0.475 e. The van der Waals surface area contributed by atoms with Crippen LogP contribution in [-0.2, 0) is 9.59 Å². The maximum absolute atomic E-state index is 10.8. The van der Waals surface area contributed by atoms with Gasteiger partial charge in [-0.15, -0.1) is 0 Å². The molecule has 0 bridgehead atoms. The Balaban J connectivity index is 0.000000269. The summed E-state index contributed by atoms with van der Waals surface area (Å²) in [6.07, 6.45) is 1.53. The van der Waals surface area contributed by atoms with E-state index in [0.717, 1.165) is 0 Å². The molecule has 0 spiro atoms. The fraction of sp³-hybridized carbons (Fsp3) is 0.0833. The van der Waals surface area contributed by atoms with Crippen LogP contribution in [0, 0.1) is 0 Å². The zero-order valence-electron chi connectivity index (χ0n) is 9.26. The summed E-state index contributed by atoms with van der Waals surface area (Å²) in [4.78, 5) is 21.0. The van der Waals surface area contributed by atoms with Crippen molar-refractivity contribution in [2.24, 2.45) is 0 Å². The molecular weight excluding hydrogens is 238 g/mol. The summed E-state index contributed by atoms with van der Waals surface area (Å²) in [5.41, 5.74) is 0.287. The van der Waals surface area contributed by atoms with Crippen molar-refractivity contribution < 1.29 is 24.3 Å². The number of aliphatic hydroxyl groups is 1. The van der Waals surface area contributed by atoms with E-state index in [-0.39, 0.29) is 5.56 Å². The van der Waals surface area contributed by atoms with Crippen LogP contribution < -0.4 is 0 Å². The molecule has 1 heterocycles. The molecule has 0 saturated heterocycles. The maximum atomic E-state index is 10.8. The third kappa shape index (κ3) is 4.18. The minimum atomic E-state index is -1.63. The number of Topliss-reactive ketones (excluding diaryl/α,β-unsaturated/α-hetero) is 1. The Morgan fingerprint density at radius 3 is 2.22 bits per heavy atom. The molecule has 0 fully saturated rings. The van der Waals surface area contributed by atoms with Crippen LogP contribution in [0.1, 0.15) is 11.7 Å². The van der Waals surface area contributed by atoms with Crippen LogP contribution in [0.2, 0.25) is 0 Å². The van der Waals surface area contributed by atoms with Gasteiger partial charge in [0.25, 0.3) is 5.78 Å². The van der Waals surface area contributed by atoms with Gasteiger partial charge >= 0.3 is 5.97 Å². The SMILES string of the molecule is O=C(O)C(=O)C(O)c1ccccc1.c1cnoc1. The predicted molar refractivity (Wildman–Crippen MR) is 60.5 cm³/mol. The topological polar surface area (TPSA) is 101 Å². The maximum Gasteiger partial charge on any atom is 0.375 e. The number of nitrogens with zero attached hydrogens (tertiary/aromatic N) is 1. The standard InChI is InChI=1S/C9H8O4.C3H3NO/c10-7(8(11)9(12)13)6-4-2-1-3-5-6;1-2-4-5-3-1/h1-5,7,10H,(H,12,13);1-3H. The first-order valence-corrected chi connectivity index (χ1v) is 4.97. The second kappa shape index (κ2) is 6.97. The second-order valence-corrected chi connectivity index (χ2v) is 3.17. The Bertz CT molecular complexity index is 463. The van der Waals surface area contributed by atoms with Gasteiger partial charge in [0.2, 0.25) is 0 Å². The summed E-state index contributed by atoms with van der Waals surface area (Å²) < 4.78 is 4.33. The molecule has 18 heavy (non-hydrogen) atoms. The van der Waals surface area contributed by atoms with E-state index in [4.69, 9.17) is 5.11 Å². The Morgan fingerprint density at radius 2 is 1.83 bits per heavy atom. The van der Waals surface area contributed by atoms with Gasteiger partial charge in [-0.2, -0.15) is 0 Å². The van der Waals surface area contributed by atoms with Gasteiger partial charge in [-0.1, -0.05) is 35.5 Å². The number of aromatic nitrogens is 1. The molecular formula is C12H11NO5. The number of hydrogen-bond acceptors (Lipinski definition) is 5. The van der Waals surface area contributed by atoms with Gasteiger partial charge in [0, 0.05) is 0 Å². The van der Waals surface area contributed by atoms with Crippen LogP contribution in [0.15, 0.2) is 53.4 Å². The zero-order chi connectivity index (χ0) is 13.4. The average molecular weight is 249 g/mol. The lowest BCUT2D eigenvalue weighted by Gasteiger charge is -2.05. The first kappa shape index (κ1) is 13.6. The van der Waals surface area contributed by atoms with Gasteiger partial charge in [0.1, 0.15) is 12.4 Å². The highest BCUT2D eigenvalue weighted by molar-refractivity contribution is 6.34. The van der Waals surface area contributed by atoms with Crippen molar-refractivity contribution in [2.75, 3.05) is 0 Å². The van der Waals surface area contributed by atoms with Crippen molar-refractivity contribution in [2.45, 2.75) is 6.10 Å². The fourth-order valence-electron chi connectivity index (χ4n) is 1.08. The molecule has 6 nitrogen and oxygen atoms in total. The first-order valence-electron chi connectivity index (χ1n) is 4.97. The monoisotopic (exact) mass is 249 g/mol. The first-order chi connectivity index (χ1) is 8.63. The molecule has 0 aliphatic carbocycles. The Morgan fingerprint density at radius 1 is 1.17 bits per heavy atom. The van der Waals surface area contributed by atoms with E-state index in [1.54, 1.807) is 30.5 Å². The van der Waals surface area contributed by atoms with Crippen LogP contribution in [-0.4, -0.2) is 27.1 Å². The minimum absolute atomic E-state index is 0.287. The summed E-state index contributed by atoms with van der Waals surface area (Å²) in [6, 6.07) is 9.65. The molecule has 1 aromatic heterocycles. The van der Waals surface area contributed by atoms with Crippen molar-refractivity contribution in [1.82, 2.24) is 5.16 Å². The molecule has 2 rings (SSSR count). The van der Waals surface area contributed by atoms with Crippen molar-refractivity contribution in [3.05, 3.63) is 54.4 Å². The van der Waals surface area contributed by atoms with E-state index in [2.05, 4.69) is 9.68 Å². The number of benzene rings is 1. The van der Waals surface area contributed by atoms with Gasteiger partial charge in [0.05, 0.1) is 6.20 Å². The number of carboxylic acid groups (broad SMARTS) is 1. The number of ketones is 1. The third-order valence-electron chi connectivity index (χ3n) is 1.92. The number of rotatable bonds is 3. The lowest BCUT2D eigenvalue weighted by atomic mass is 10.1. The highest BCUT2D eigenvalue weighted by Gasteiger charge is 2.23. The van der Waals surface area contributed by atoms with Gasteiger partial charge in [-0.3, -0.25) is 4.79 Å². The Labute approximate surface area is 102 Å². The third-order valence-corrected chi connectivity index (χ3v) is 1.92. The van der Waals surface area contributed by atoms with E-state index in [9.17, 15) is 14.7 Å². The molecule has 2 N–H and O–H groups in total. The van der Waals surface area contributed by atoms with Crippen molar-refractivity contribution in [1.29, 1.82) is 0 Å². The summed E-state index contributed by atoms with van der Waals surface area (Å²) in [5.74, 6) is -2.84. The molecule has 1 unspecified atom stereocenters. The molecule has 1 aromatic carbocycles. The number of aliphatic hydroxyl groups excluding tert-OH is 1. The van der Waals surface area contributed by atoms with Crippen LogP contribution in [0.3, 0.4) is 0 Å². The molecule has 0 saturated carbocycles. The van der Waals surface area contributed by atoms with Gasteiger partial charge < -0.3 is 14.7 Å². The normalized spacial score (nSPS) is 10.9. The molecule has 2 aromatic rings. The van der Waals surface area contributed by atoms with Crippen LogP contribution in [0.25, 0.3) is 0 Å². The predicted octanol–water partition coefficient (Wildman–Crippen LogP) is 1.05. The molecule has 0 amide bonds. The highest BCUT2D eigenvalue weighted by atomic mass is 16.5. The molecule has 0 aliphatic rings. The highest BCUT2D eigenvalue weighted by Crippen LogP contribution is 2.12. The number of aliphatic carboxylic acids is 1. The smallest absolute Gasteiger partial charge is 0.375 e. The van der Waals surface area contributed by atoms with Crippen molar-refractivity contribution >= 4 is 11.8 Å². The second-order valence-electron chi connectivity index (χ2n) is 3.17. The number of carbonyl (C=O) groups excluding carboxylic acids is 1.